The van der Waals surface area contributed by atoms with Crippen molar-refractivity contribution >= 4 is 69.7 Å². The van der Waals surface area contributed by atoms with Crippen molar-refractivity contribution in [3.8, 4) is 29.8 Å². The van der Waals surface area contributed by atoms with E-state index in [1.54, 1.807) is 4.72 Å². The monoisotopic (exact) mass is 1000 g/mol. The minimum atomic E-state index is -4.45. The van der Waals surface area contributed by atoms with Gasteiger partial charge in [-0.05, 0) is 41.9 Å². The maximum absolute atomic E-state index is 12.5. The van der Waals surface area contributed by atoms with Gasteiger partial charge in [-0.15, -0.1) is 11.5 Å². The van der Waals surface area contributed by atoms with Crippen LogP contribution in [0.2, 0.25) is 10.0 Å². The Morgan fingerprint density at radius 1 is 1.09 bits per heavy atom. The van der Waals surface area contributed by atoms with Gasteiger partial charge in [-0.25, -0.2) is 22.7 Å². The third-order valence-corrected chi connectivity index (χ3v) is 9.27. The number of aliphatic carboxylic acids is 1. The number of carboxylic acids is 1. The van der Waals surface area contributed by atoms with Crippen LogP contribution in [0.5, 0.6) is 11.8 Å². The van der Waals surface area contributed by atoms with Crippen molar-refractivity contribution in [3.63, 3.8) is 0 Å². The number of nitrogens with zero attached hydrogens (tertiary/aromatic N) is 5. The number of aromatic nitrogens is 5. The molecule has 4 aromatic rings. The standard InChI is InChI=1S/C15H14Cl2N2O3.C15H16F3N5O4S.C3H8NO5P.C3H9S/c1-5-6-21-12-8-11(9(16)7-10(12)17)19-14(20)22-13(18-19)15(2,3)4;1-9-19-12(22-14(20-9)27-2)21-13(24)23-28(25,26)11-6-4-3-5-10(11)7-8-15(16,17)18;5-3(6)1-4-2-10(7,8)9;1-4(2)3/h1,7-8H,6H2,2-4H3;3-6H,7-8H2,1-2H3,(H2,19,20,21,22,23,24);4H,1-2H2,(H,5,6)(H2,7,8,9);1-3H3/q;;;+1/p-1. The summed E-state index contributed by atoms with van der Waals surface area (Å²) in [6.45, 7) is 6.71. The third-order valence-electron chi connectivity index (χ3n) is 6.62. The molecule has 0 saturated carbocycles. The van der Waals surface area contributed by atoms with E-state index in [2.05, 4.69) is 50.1 Å². The van der Waals surface area contributed by atoms with Crippen molar-refractivity contribution in [2.24, 2.45) is 0 Å². The molecule has 2 amide bonds. The van der Waals surface area contributed by atoms with Gasteiger partial charge in [0.1, 0.15) is 25.8 Å². The first kappa shape index (κ1) is 57.1. The van der Waals surface area contributed by atoms with Crippen molar-refractivity contribution in [1.82, 2.24) is 34.8 Å². The first-order valence-electron chi connectivity index (χ1n) is 17.7. The predicted octanol–water partition coefficient (Wildman–Crippen LogP) is 4.29. The fourth-order valence-electron chi connectivity index (χ4n) is 4.11. The fourth-order valence-corrected chi connectivity index (χ4v) is 6.20. The van der Waals surface area contributed by atoms with Gasteiger partial charge in [0.2, 0.25) is 11.8 Å². The van der Waals surface area contributed by atoms with Crippen LogP contribution in [-0.2, 0) is 42.1 Å². The van der Waals surface area contributed by atoms with E-state index in [4.69, 9.17) is 53.5 Å². The summed E-state index contributed by atoms with van der Waals surface area (Å²) in [5.74, 6) is 1.08. The number of hydrogen-bond acceptors (Lipinski definition) is 15. The van der Waals surface area contributed by atoms with Gasteiger partial charge >= 0.3 is 29.9 Å². The Balaban J connectivity index is 0.000000502. The molecule has 0 radical (unpaired) electrons. The number of halogens is 5. The van der Waals surface area contributed by atoms with Crippen molar-refractivity contribution in [2.45, 2.75) is 57.0 Å². The number of benzene rings is 2. The second-order valence-corrected chi connectivity index (χ2v) is 20.4. The molecule has 354 valence electrons. The number of alkyl halides is 3. The number of urea groups is 1. The molecule has 0 bridgehead atoms. The number of anilines is 1. The molecule has 1 atom stereocenters. The van der Waals surface area contributed by atoms with Crippen LogP contribution < -0.4 is 35.5 Å². The molecule has 0 aliphatic heterocycles. The van der Waals surface area contributed by atoms with E-state index in [1.165, 1.54) is 44.4 Å². The topological polar surface area (TPSA) is 290 Å². The Bertz CT molecular complexity index is 2460. The number of carbonyl (C=O) groups excluding carboxylic acids is 1. The van der Waals surface area contributed by atoms with Gasteiger partial charge in [-0.1, -0.05) is 68.1 Å². The summed E-state index contributed by atoms with van der Waals surface area (Å²) in [5, 5.41) is 16.8. The van der Waals surface area contributed by atoms with Crippen LogP contribution in [-0.4, -0.2) is 107 Å². The second-order valence-electron chi connectivity index (χ2n) is 13.9. The van der Waals surface area contributed by atoms with E-state index in [1.807, 2.05) is 26.1 Å². The zero-order valence-corrected chi connectivity index (χ0v) is 39.5. The highest BCUT2D eigenvalue weighted by Crippen LogP contribution is 2.33. The first-order valence-corrected chi connectivity index (χ1v) is 24.2. The Morgan fingerprint density at radius 2 is 1.70 bits per heavy atom. The molecule has 2 heterocycles. The number of aryl methyl sites for hydroxylation is 2. The number of terminal acetylenes is 1. The van der Waals surface area contributed by atoms with E-state index in [0.29, 0.717) is 28.2 Å². The fraction of sp³-hybridized carbons (Fsp3) is 0.417. The normalized spacial score (nSPS) is 12.1. The molecule has 0 aliphatic rings. The number of methoxy groups -OCH3 is 1. The zero-order chi connectivity index (χ0) is 49.2. The SMILES string of the molecule is C#CCOc1cc(-n2nc(C(C)(C)C)oc2=O)c(Cl)cc1Cl.COc1nc(C)nc(NC(=O)NS(=O)(=O)c2ccccc2CCC(F)(F)F)n1.C[S+](C)C.O=C(O)CNCP(=O)([O-])O. The van der Waals surface area contributed by atoms with Crippen molar-refractivity contribution in [1.29, 1.82) is 0 Å². The number of amides is 2. The number of hydrogen-bond donors (Lipinski definition) is 5. The largest absolute Gasteiger partial charge is 0.778 e. The molecule has 2 aromatic carbocycles. The van der Waals surface area contributed by atoms with Gasteiger partial charge in [-0.3, -0.25) is 15.4 Å². The zero-order valence-electron chi connectivity index (χ0n) is 35.4. The smallest absolute Gasteiger partial charge is 0.442 e. The van der Waals surface area contributed by atoms with E-state index in [0.717, 1.165) is 10.7 Å². The summed E-state index contributed by atoms with van der Waals surface area (Å²) in [6, 6.07) is 6.77. The van der Waals surface area contributed by atoms with E-state index < -0.39 is 77.5 Å². The predicted molar refractivity (Wildman–Crippen MR) is 232 cm³/mol. The molecule has 0 spiro atoms. The molecule has 0 saturated heterocycles. The highest BCUT2D eigenvalue weighted by Gasteiger charge is 2.29. The lowest BCUT2D eigenvalue weighted by molar-refractivity contribution is -0.193. The van der Waals surface area contributed by atoms with Gasteiger partial charge < -0.3 is 33.3 Å². The molecule has 1 unspecified atom stereocenters. The summed E-state index contributed by atoms with van der Waals surface area (Å²) in [7, 11) is -6.85. The second kappa shape index (κ2) is 25.5. The van der Waals surface area contributed by atoms with Crippen LogP contribution in [0.4, 0.5) is 23.9 Å². The molecule has 5 N–H and O–H groups in total. The quantitative estimate of drug-likeness (QED) is 0.0709. The van der Waals surface area contributed by atoms with Crippen molar-refractivity contribution in [3.05, 3.63) is 74.3 Å². The third kappa shape index (κ3) is 22.1. The summed E-state index contributed by atoms with van der Waals surface area (Å²) in [4.78, 5) is 62.7. The number of ether oxygens (including phenoxy) is 2. The lowest BCUT2D eigenvalue weighted by atomic mass is 9.97. The van der Waals surface area contributed by atoms with Crippen LogP contribution >= 0.6 is 30.8 Å². The average Bonchev–Trinajstić information content (AvgIpc) is 3.54. The Kier molecular flexibility index (Phi) is 22.8. The van der Waals surface area contributed by atoms with Crippen LogP contribution in [0, 0.1) is 19.3 Å². The highest BCUT2D eigenvalue weighted by molar-refractivity contribution is 7.94. The maximum Gasteiger partial charge on any atom is 0.442 e. The van der Waals surface area contributed by atoms with Gasteiger partial charge in [0.25, 0.3) is 10.0 Å². The molecule has 28 heteroatoms. The van der Waals surface area contributed by atoms with Gasteiger partial charge in [0.05, 0.1) is 59.3 Å². The number of rotatable bonds is 13. The van der Waals surface area contributed by atoms with Crippen LogP contribution in [0.25, 0.3) is 5.69 Å². The van der Waals surface area contributed by atoms with Crippen molar-refractivity contribution < 1.29 is 64.5 Å². The average molecular weight is 1010 g/mol. The number of sulfonamides is 1. The molecule has 4 rings (SSSR count). The molecule has 20 nitrogen and oxygen atoms in total. The molecule has 64 heavy (non-hydrogen) atoms. The van der Waals surface area contributed by atoms with Gasteiger partial charge in [0, 0.05) is 17.9 Å². The van der Waals surface area contributed by atoms with Crippen LogP contribution in [0.1, 0.15) is 44.5 Å². The minimum absolute atomic E-state index is 0.0434. The highest BCUT2D eigenvalue weighted by atomic mass is 35.5. The number of carbonyl (C=O) groups is 2. The lowest BCUT2D eigenvalue weighted by Gasteiger charge is -2.14. The Labute approximate surface area is 379 Å². The van der Waals surface area contributed by atoms with E-state index >= 15 is 0 Å². The minimum Gasteiger partial charge on any atom is -0.778 e. The van der Waals surface area contributed by atoms with Crippen LogP contribution in [0.3, 0.4) is 0 Å². The molecule has 0 fully saturated rings. The summed E-state index contributed by atoms with van der Waals surface area (Å²) < 4.78 is 90.3. The van der Waals surface area contributed by atoms with Gasteiger partial charge in [-0.2, -0.15) is 32.8 Å². The molecular weight excluding hydrogens is 959 g/mol. The van der Waals surface area contributed by atoms with E-state index in [9.17, 15) is 45.4 Å². The number of nitrogens with one attached hydrogen (secondary N) is 3. The lowest BCUT2D eigenvalue weighted by Crippen LogP contribution is -2.35. The Morgan fingerprint density at radius 3 is 2.22 bits per heavy atom. The summed E-state index contributed by atoms with van der Waals surface area (Å²) in [5.41, 5.74) is -0.174. The first-order chi connectivity index (χ1) is 29.4. The molecule has 2 aromatic heterocycles. The maximum atomic E-state index is 12.5. The Hall–Kier alpha value is -4.93. The van der Waals surface area contributed by atoms with Crippen LogP contribution in [0.15, 0.2) is 50.5 Å². The van der Waals surface area contributed by atoms with Gasteiger partial charge in [0.15, 0.2) is 0 Å². The number of carboxylic acid groups (broad SMARTS) is 1. The summed E-state index contributed by atoms with van der Waals surface area (Å²) in [6.07, 6.45) is 4.83. The van der Waals surface area contributed by atoms with E-state index in [-0.39, 0.29) is 40.0 Å². The van der Waals surface area contributed by atoms with Crippen molar-refractivity contribution in [2.75, 3.05) is 50.6 Å². The molecular formula is C36H46Cl2F3N8O12PS2. The molecule has 0 aliphatic carbocycles. The summed E-state index contributed by atoms with van der Waals surface area (Å²) >= 11 is 12.2.